The summed E-state index contributed by atoms with van der Waals surface area (Å²) in [6.07, 6.45) is 4.50. The van der Waals surface area contributed by atoms with Gasteiger partial charge in [-0.05, 0) is 37.1 Å². The Balaban J connectivity index is 1.47. The fourth-order valence-corrected chi connectivity index (χ4v) is 4.24. The normalized spacial score (nSPS) is 14.4. The lowest BCUT2D eigenvalue weighted by molar-refractivity contribution is -0.119. The van der Waals surface area contributed by atoms with Crippen molar-refractivity contribution < 1.29 is 9.59 Å². The number of nitrogens with one attached hydrogen (secondary N) is 2. The zero-order chi connectivity index (χ0) is 17.6. The first-order chi connectivity index (χ1) is 12.1. The summed E-state index contributed by atoms with van der Waals surface area (Å²) in [5.74, 6) is 0.0400. The van der Waals surface area contributed by atoms with Crippen molar-refractivity contribution in [3.63, 3.8) is 0 Å². The molecular formula is C16H17ClN4O2S2. The Hall–Kier alpha value is -1.64. The highest BCUT2D eigenvalue weighted by Crippen LogP contribution is 2.26. The monoisotopic (exact) mass is 396 g/mol. The molecule has 1 aromatic heterocycles. The van der Waals surface area contributed by atoms with Crippen LogP contribution in [0, 0.1) is 0 Å². The van der Waals surface area contributed by atoms with Crippen molar-refractivity contribution in [2.75, 3.05) is 11.1 Å². The quantitative estimate of drug-likeness (QED) is 0.575. The van der Waals surface area contributed by atoms with Crippen molar-refractivity contribution in [2.24, 2.45) is 0 Å². The molecule has 1 aromatic carbocycles. The molecule has 1 fully saturated rings. The van der Waals surface area contributed by atoms with Crippen LogP contribution in [0.2, 0.25) is 5.02 Å². The van der Waals surface area contributed by atoms with Crippen molar-refractivity contribution in [2.45, 2.75) is 36.1 Å². The molecule has 1 aliphatic rings. The van der Waals surface area contributed by atoms with Gasteiger partial charge < -0.3 is 5.32 Å². The predicted molar refractivity (Wildman–Crippen MR) is 100 cm³/mol. The molecule has 132 valence electrons. The third kappa shape index (κ3) is 5.42. The number of amides is 2. The smallest absolute Gasteiger partial charge is 0.257 e. The summed E-state index contributed by atoms with van der Waals surface area (Å²) in [5.41, 5.74) is 0.491. The van der Waals surface area contributed by atoms with Crippen LogP contribution in [0.15, 0.2) is 28.6 Å². The molecule has 1 saturated carbocycles. The molecule has 1 aliphatic carbocycles. The van der Waals surface area contributed by atoms with Gasteiger partial charge in [0.15, 0.2) is 4.34 Å². The maximum Gasteiger partial charge on any atom is 0.257 e. The van der Waals surface area contributed by atoms with Gasteiger partial charge in [0, 0.05) is 16.6 Å². The van der Waals surface area contributed by atoms with E-state index in [-0.39, 0.29) is 11.8 Å². The van der Waals surface area contributed by atoms with Gasteiger partial charge in [0.2, 0.25) is 11.0 Å². The van der Waals surface area contributed by atoms with E-state index in [0.717, 1.165) is 12.8 Å². The lowest BCUT2D eigenvalue weighted by Gasteiger charge is -2.10. The van der Waals surface area contributed by atoms with Gasteiger partial charge in [-0.2, -0.15) is 0 Å². The van der Waals surface area contributed by atoms with Crippen molar-refractivity contribution in [1.29, 1.82) is 0 Å². The second-order valence-electron chi connectivity index (χ2n) is 5.67. The van der Waals surface area contributed by atoms with Gasteiger partial charge in [0.1, 0.15) is 0 Å². The molecule has 0 unspecified atom stereocenters. The SMILES string of the molecule is O=C(CSc1nnc(NC(=O)c2ccc(Cl)cc2)s1)NC1CCCC1. The zero-order valence-corrected chi connectivity index (χ0v) is 15.7. The molecule has 2 N–H and O–H groups in total. The van der Waals surface area contributed by atoms with E-state index >= 15 is 0 Å². The van der Waals surface area contributed by atoms with Crippen LogP contribution in [0.4, 0.5) is 5.13 Å². The molecule has 1 heterocycles. The Morgan fingerprint density at radius 1 is 1.20 bits per heavy atom. The highest BCUT2D eigenvalue weighted by atomic mass is 35.5. The van der Waals surface area contributed by atoms with Crippen LogP contribution >= 0.6 is 34.7 Å². The second-order valence-corrected chi connectivity index (χ2v) is 8.31. The van der Waals surface area contributed by atoms with Gasteiger partial charge in [-0.1, -0.05) is 47.5 Å². The number of nitrogens with zero attached hydrogens (tertiary/aromatic N) is 2. The molecule has 9 heteroatoms. The number of hydrogen-bond donors (Lipinski definition) is 2. The largest absolute Gasteiger partial charge is 0.353 e. The summed E-state index contributed by atoms with van der Waals surface area (Å²) in [6, 6.07) is 6.90. The predicted octanol–water partition coefficient (Wildman–Crippen LogP) is 3.59. The Kier molecular flexibility index (Phi) is 6.28. The van der Waals surface area contributed by atoms with Gasteiger partial charge in [-0.3, -0.25) is 14.9 Å². The number of anilines is 1. The summed E-state index contributed by atoms with van der Waals surface area (Å²) in [6.45, 7) is 0. The van der Waals surface area contributed by atoms with E-state index in [1.165, 1.54) is 35.9 Å². The van der Waals surface area contributed by atoms with Gasteiger partial charge >= 0.3 is 0 Å². The van der Waals surface area contributed by atoms with Crippen molar-refractivity contribution >= 4 is 51.6 Å². The zero-order valence-electron chi connectivity index (χ0n) is 13.3. The van der Waals surface area contributed by atoms with E-state index < -0.39 is 0 Å². The van der Waals surface area contributed by atoms with E-state index in [4.69, 9.17) is 11.6 Å². The first kappa shape index (κ1) is 18.2. The highest BCUT2D eigenvalue weighted by molar-refractivity contribution is 8.01. The van der Waals surface area contributed by atoms with Crippen molar-refractivity contribution in [3.05, 3.63) is 34.9 Å². The lowest BCUT2D eigenvalue weighted by Crippen LogP contribution is -2.33. The van der Waals surface area contributed by atoms with E-state index in [1.54, 1.807) is 24.3 Å². The van der Waals surface area contributed by atoms with Gasteiger partial charge in [0.25, 0.3) is 5.91 Å². The number of rotatable bonds is 6. The molecule has 2 amide bonds. The molecule has 6 nitrogen and oxygen atoms in total. The maximum absolute atomic E-state index is 12.1. The molecule has 3 rings (SSSR count). The van der Waals surface area contributed by atoms with E-state index in [9.17, 15) is 9.59 Å². The van der Waals surface area contributed by atoms with Crippen LogP contribution in [-0.2, 0) is 4.79 Å². The van der Waals surface area contributed by atoms with Crippen LogP contribution < -0.4 is 10.6 Å². The fourth-order valence-electron chi connectivity index (χ4n) is 2.56. The van der Waals surface area contributed by atoms with Crippen LogP contribution in [-0.4, -0.2) is 33.8 Å². The molecule has 0 bridgehead atoms. The Morgan fingerprint density at radius 2 is 1.92 bits per heavy atom. The van der Waals surface area contributed by atoms with E-state index in [0.29, 0.717) is 31.9 Å². The summed E-state index contributed by atoms with van der Waals surface area (Å²) >= 11 is 8.37. The van der Waals surface area contributed by atoms with Crippen LogP contribution in [0.25, 0.3) is 0 Å². The second kappa shape index (κ2) is 8.64. The highest BCUT2D eigenvalue weighted by Gasteiger charge is 2.17. The third-order valence-corrected chi connectivity index (χ3v) is 6.00. The van der Waals surface area contributed by atoms with Crippen LogP contribution in [0.1, 0.15) is 36.0 Å². The van der Waals surface area contributed by atoms with Crippen molar-refractivity contribution in [1.82, 2.24) is 15.5 Å². The van der Waals surface area contributed by atoms with Crippen LogP contribution in [0.5, 0.6) is 0 Å². The number of halogens is 1. The number of benzene rings is 1. The Bertz CT molecular complexity index is 745. The molecule has 0 spiro atoms. The molecule has 0 atom stereocenters. The number of thioether (sulfide) groups is 1. The van der Waals surface area contributed by atoms with Crippen molar-refractivity contribution in [3.8, 4) is 0 Å². The molecule has 25 heavy (non-hydrogen) atoms. The molecule has 0 aliphatic heterocycles. The van der Waals surface area contributed by atoms with E-state index in [1.807, 2.05) is 0 Å². The van der Waals surface area contributed by atoms with Crippen LogP contribution in [0.3, 0.4) is 0 Å². The topological polar surface area (TPSA) is 84.0 Å². The molecule has 0 saturated heterocycles. The summed E-state index contributed by atoms with van der Waals surface area (Å²) in [5, 5.41) is 14.6. The van der Waals surface area contributed by atoms with Gasteiger partial charge in [0.05, 0.1) is 5.75 Å². The average Bonchev–Trinajstić information content (AvgIpc) is 3.25. The minimum atomic E-state index is -0.275. The third-order valence-electron chi connectivity index (χ3n) is 3.78. The minimum absolute atomic E-state index is 0.0128. The number of hydrogen-bond acceptors (Lipinski definition) is 6. The maximum atomic E-state index is 12.1. The molecule has 2 aromatic rings. The summed E-state index contributed by atoms with van der Waals surface area (Å²) in [4.78, 5) is 24.0. The summed E-state index contributed by atoms with van der Waals surface area (Å²) < 4.78 is 0.646. The minimum Gasteiger partial charge on any atom is -0.353 e. The van der Waals surface area contributed by atoms with Gasteiger partial charge in [-0.15, -0.1) is 10.2 Å². The number of aromatic nitrogens is 2. The molecular weight excluding hydrogens is 380 g/mol. The first-order valence-corrected chi connectivity index (χ1v) is 10.1. The number of carbonyl (C=O) groups is 2. The lowest BCUT2D eigenvalue weighted by atomic mass is 10.2. The molecule has 0 radical (unpaired) electrons. The Labute approximate surface area is 158 Å². The summed E-state index contributed by atoms with van der Waals surface area (Å²) in [7, 11) is 0. The standard InChI is InChI=1S/C16H17ClN4O2S2/c17-11-7-5-10(6-8-11)14(23)19-15-20-21-16(25-15)24-9-13(22)18-12-3-1-2-4-12/h5-8,12H,1-4,9H2,(H,18,22)(H,19,20,23). The van der Waals surface area contributed by atoms with E-state index in [2.05, 4.69) is 20.8 Å². The van der Waals surface area contributed by atoms with Gasteiger partial charge in [-0.25, -0.2) is 0 Å². The average molecular weight is 397 g/mol. The fraction of sp³-hybridized carbons (Fsp3) is 0.375. The Morgan fingerprint density at radius 3 is 2.64 bits per heavy atom. The number of carbonyl (C=O) groups excluding carboxylic acids is 2. The first-order valence-electron chi connectivity index (χ1n) is 7.93.